The van der Waals surface area contributed by atoms with E-state index in [2.05, 4.69) is 0 Å². The number of carbonyl (C=O) groups excluding carboxylic acids is 3. The Morgan fingerprint density at radius 3 is 2.71 bits per heavy atom. The summed E-state index contributed by atoms with van der Waals surface area (Å²) >= 11 is 0. The maximum absolute atomic E-state index is 13.6. The van der Waals surface area contributed by atoms with E-state index in [-0.39, 0.29) is 24.4 Å². The molecule has 4 aliphatic rings. The zero-order chi connectivity index (χ0) is 23.0. The van der Waals surface area contributed by atoms with Gasteiger partial charge in [-0.15, -0.1) is 0 Å². The molecule has 1 aliphatic carbocycles. The van der Waals surface area contributed by atoms with Gasteiger partial charge in [0.1, 0.15) is 5.41 Å². The molecule has 2 aromatic rings. The van der Waals surface area contributed by atoms with Gasteiger partial charge in [0, 0.05) is 11.9 Å². The Hall–Kier alpha value is -3.13. The van der Waals surface area contributed by atoms with E-state index in [0.29, 0.717) is 17.6 Å². The normalized spacial score (nSPS) is 28.9. The lowest BCUT2D eigenvalue weighted by atomic mass is 9.60. The molecule has 1 aromatic carbocycles. The fourth-order valence-corrected chi connectivity index (χ4v) is 5.82. The van der Waals surface area contributed by atoms with Crippen molar-refractivity contribution in [3.8, 4) is 0 Å². The highest BCUT2D eigenvalue weighted by atomic mass is 16.5. The van der Waals surface area contributed by atoms with Gasteiger partial charge in [0.15, 0.2) is 0 Å². The van der Waals surface area contributed by atoms with E-state index in [1.807, 2.05) is 12.1 Å². The van der Waals surface area contributed by atoms with E-state index in [4.69, 9.17) is 10.8 Å². The van der Waals surface area contributed by atoms with Gasteiger partial charge >= 0.3 is 12.1 Å². The molecule has 3 aliphatic heterocycles. The summed E-state index contributed by atoms with van der Waals surface area (Å²) in [6, 6.07) is 6.36. The number of ether oxygens (including phenoxy) is 2. The number of hydrogen-bond acceptors (Lipinski definition) is 6. The summed E-state index contributed by atoms with van der Waals surface area (Å²) in [5.74, 6) is -1.49. The monoisotopic (exact) mass is 425 g/mol. The first-order valence-electron chi connectivity index (χ1n) is 10.7. The van der Waals surface area contributed by atoms with Gasteiger partial charge in [-0.1, -0.05) is 24.3 Å². The molecule has 162 valence electrons. The van der Waals surface area contributed by atoms with Crippen LogP contribution in [-0.2, 0) is 30.9 Å². The molecule has 1 amide bonds. The highest BCUT2D eigenvalue weighted by Gasteiger charge is 2.65. The van der Waals surface area contributed by atoms with Crippen LogP contribution < -0.4 is 0 Å². The fourth-order valence-electron chi connectivity index (χ4n) is 5.82. The third-order valence-corrected chi connectivity index (χ3v) is 6.93. The molecule has 1 N–H and O–H groups in total. The van der Waals surface area contributed by atoms with Gasteiger partial charge in [-0.25, -0.2) is 9.36 Å². The van der Waals surface area contributed by atoms with Crippen LogP contribution >= 0.6 is 0 Å². The standard InChI is InChI=1S/C23H24N2O6/c1-12(26)16-10-13-11-23(21(28)30-2)18(16)24(20(13)27)9-8-15-14-6-4-5-7-17(14)25(19(15)23)22(29)31-3/h4-7,10,12-13,18,26H,8-9,11H2,1-3H3/t12?,13-,18+,23+/m0/s1/i12D. The number of nitrogens with zero attached hydrogens (tertiary/aromatic N) is 2. The third kappa shape index (κ3) is 2.36. The van der Waals surface area contributed by atoms with Crippen molar-refractivity contribution in [1.29, 1.82) is 0 Å². The van der Waals surface area contributed by atoms with Gasteiger partial charge in [-0.3, -0.25) is 9.59 Å². The second kappa shape index (κ2) is 6.68. The number of esters is 1. The van der Waals surface area contributed by atoms with Crippen molar-refractivity contribution >= 4 is 28.9 Å². The lowest BCUT2D eigenvalue weighted by Crippen LogP contribution is -2.67. The summed E-state index contributed by atoms with van der Waals surface area (Å²) in [7, 11) is 2.54. The van der Waals surface area contributed by atoms with E-state index in [0.717, 1.165) is 10.9 Å². The summed E-state index contributed by atoms with van der Waals surface area (Å²) in [6.07, 6.45) is -0.585. The van der Waals surface area contributed by atoms with Crippen LogP contribution in [0.3, 0.4) is 0 Å². The molecule has 6 rings (SSSR count). The van der Waals surface area contributed by atoms with Crippen LogP contribution in [0.25, 0.3) is 10.9 Å². The van der Waals surface area contributed by atoms with Gasteiger partial charge in [0.25, 0.3) is 0 Å². The SMILES string of the molecule is [2H]C(C)(O)C1=C[C@H]2C[C@]3(C(=O)OC)c4c(c5ccccc5n4C(=O)OC)CCN(C2=O)[C@H]13. The minimum absolute atomic E-state index is 0.0829. The predicted molar refractivity (Wildman–Crippen MR) is 111 cm³/mol. The van der Waals surface area contributed by atoms with Gasteiger partial charge in [-0.2, -0.15) is 0 Å². The number of aliphatic hydroxyl groups is 1. The Kier molecular flexibility index (Phi) is 4.02. The maximum Gasteiger partial charge on any atom is 0.418 e. The van der Waals surface area contributed by atoms with E-state index in [1.165, 1.54) is 25.7 Å². The number of rotatable bonds is 2. The van der Waals surface area contributed by atoms with Gasteiger partial charge in [0.2, 0.25) is 5.91 Å². The minimum Gasteiger partial charge on any atom is -0.468 e. The molecule has 4 heterocycles. The van der Waals surface area contributed by atoms with Crippen LogP contribution in [0.4, 0.5) is 4.79 Å². The Morgan fingerprint density at radius 1 is 1.29 bits per heavy atom. The van der Waals surface area contributed by atoms with Crippen LogP contribution in [-0.4, -0.2) is 65.4 Å². The summed E-state index contributed by atoms with van der Waals surface area (Å²) in [4.78, 5) is 41.4. The number of methoxy groups -OCH3 is 2. The Morgan fingerprint density at radius 2 is 2.03 bits per heavy atom. The van der Waals surface area contributed by atoms with Crippen molar-refractivity contribution in [2.75, 3.05) is 20.8 Å². The summed E-state index contributed by atoms with van der Waals surface area (Å²) in [6.45, 7) is 1.60. The largest absolute Gasteiger partial charge is 0.468 e. The Bertz CT molecular complexity index is 1210. The molecule has 31 heavy (non-hydrogen) atoms. The first-order valence-corrected chi connectivity index (χ1v) is 10.2. The minimum atomic E-state index is -2.02. The molecule has 4 atom stereocenters. The highest BCUT2D eigenvalue weighted by molar-refractivity contribution is 6.00. The van der Waals surface area contributed by atoms with Crippen molar-refractivity contribution in [3.05, 3.63) is 47.2 Å². The van der Waals surface area contributed by atoms with Crippen LogP contribution in [0.5, 0.6) is 0 Å². The molecule has 0 saturated carbocycles. The molecular formula is C23H24N2O6. The number of amides is 1. The molecule has 0 radical (unpaired) electrons. The summed E-state index contributed by atoms with van der Waals surface area (Å²) in [5, 5.41) is 11.5. The number of hydrogen-bond donors (Lipinski definition) is 1. The number of carbonyl (C=O) groups is 3. The molecule has 1 fully saturated rings. The summed E-state index contributed by atoms with van der Waals surface area (Å²) in [5.41, 5.74) is 0.562. The van der Waals surface area contributed by atoms with Crippen molar-refractivity contribution in [2.45, 2.75) is 37.3 Å². The molecular weight excluding hydrogens is 400 g/mol. The first-order chi connectivity index (χ1) is 15.2. The lowest BCUT2D eigenvalue weighted by molar-refractivity contribution is -0.160. The fraction of sp³-hybridized carbons (Fsp3) is 0.435. The topological polar surface area (TPSA) is 98.1 Å². The number of aromatic nitrogens is 1. The average Bonchev–Trinajstić information content (AvgIpc) is 3.04. The van der Waals surface area contributed by atoms with Crippen molar-refractivity contribution in [2.24, 2.45) is 5.92 Å². The van der Waals surface area contributed by atoms with Crippen LogP contribution in [0, 0.1) is 5.92 Å². The highest BCUT2D eigenvalue weighted by Crippen LogP contribution is 2.54. The number of fused-ring (bicyclic) bond motifs is 3. The molecule has 4 bridgehead atoms. The second-order valence-corrected chi connectivity index (χ2v) is 8.31. The van der Waals surface area contributed by atoms with Gasteiger partial charge < -0.3 is 19.5 Å². The molecule has 8 heteroatoms. The van der Waals surface area contributed by atoms with E-state index < -0.39 is 35.5 Å². The van der Waals surface area contributed by atoms with Gasteiger partial charge in [0.05, 0.1) is 44.8 Å². The van der Waals surface area contributed by atoms with Crippen molar-refractivity contribution in [1.82, 2.24) is 9.47 Å². The van der Waals surface area contributed by atoms with Crippen LogP contribution in [0.2, 0.25) is 0 Å². The molecule has 0 spiro atoms. The van der Waals surface area contributed by atoms with E-state index in [1.54, 1.807) is 23.1 Å². The number of piperidine rings is 1. The molecule has 1 saturated heterocycles. The maximum atomic E-state index is 13.6. The lowest BCUT2D eigenvalue weighted by Gasteiger charge is -2.53. The predicted octanol–water partition coefficient (Wildman–Crippen LogP) is 1.76. The van der Waals surface area contributed by atoms with E-state index in [9.17, 15) is 19.5 Å². The first kappa shape index (κ1) is 18.6. The van der Waals surface area contributed by atoms with Gasteiger partial charge in [-0.05, 0) is 37.0 Å². The zero-order valence-corrected chi connectivity index (χ0v) is 17.5. The van der Waals surface area contributed by atoms with Crippen molar-refractivity contribution in [3.63, 3.8) is 0 Å². The molecule has 8 nitrogen and oxygen atoms in total. The van der Waals surface area contributed by atoms with Crippen LogP contribution in [0.1, 0.15) is 26.0 Å². The van der Waals surface area contributed by atoms with Crippen molar-refractivity contribution < 1.29 is 30.3 Å². The van der Waals surface area contributed by atoms with Crippen LogP contribution in [0.15, 0.2) is 35.9 Å². The summed E-state index contributed by atoms with van der Waals surface area (Å²) < 4.78 is 20.1. The second-order valence-electron chi connectivity index (χ2n) is 8.31. The quantitative estimate of drug-likeness (QED) is 0.582. The Labute approximate surface area is 180 Å². The third-order valence-electron chi connectivity index (χ3n) is 6.93. The smallest absolute Gasteiger partial charge is 0.418 e. The van der Waals surface area contributed by atoms with E-state index >= 15 is 0 Å². The molecule has 1 aromatic heterocycles. The average molecular weight is 425 g/mol. The zero-order valence-electron chi connectivity index (χ0n) is 18.5. The number of para-hydroxylation sites is 1. The Balaban J connectivity index is 1.93. The number of benzene rings is 1. The molecule has 1 unspecified atom stereocenters.